The van der Waals surface area contributed by atoms with Crippen molar-refractivity contribution in [3.05, 3.63) is 24.3 Å². The topological polar surface area (TPSA) is 87.0 Å². The van der Waals surface area contributed by atoms with Gasteiger partial charge in [-0.25, -0.2) is 0 Å². The second-order valence-electron chi connectivity index (χ2n) is 7.93. The molecule has 0 aliphatic carbocycles. The third-order valence-electron chi connectivity index (χ3n) is 5.30. The maximum Gasteiger partial charge on any atom is 0.208 e. The fraction of sp³-hybridized carbons (Fsp3) is 0.565. The summed E-state index contributed by atoms with van der Waals surface area (Å²) in [4.78, 5) is 0. The largest absolute Gasteiger partial charge is 0.486 e. The van der Waals surface area contributed by atoms with Crippen molar-refractivity contribution in [3.8, 4) is 23.0 Å². The van der Waals surface area contributed by atoms with Crippen molar-refractivity contribution in [1.82, 2.24) is 0 Å². The molecular weight excluding hydrogens is 404 g/mol. The van der Waals surface area contributed by atoms with E-state index in [0.29, 0.717) is 62.6 Å². The molecule has 2 aromatic rings. The molecule has 8 nitrogen and oxygen atoms in total. The first-order valence-electron chi connectivity index (χ1n) is 10.4. The lowest BCUT2D eigenvalue weighted by molar-refractivity contribution is 0.198. The van der Waals surface area contributed by atoms with E-state index in [1.807, 2.05) is 24.3 Å². The Morgan fingerprint density at radius 1 is 0.548 bits per heavy atom. The molecule has 6 rings (SSSR count). The Bertz CT molecular complexity index is 841. The van der Waals surface area contributed by atoms with Crippen LogP contribution < -0.4 is 18.9 Å². The van der Waals surface area contributed by atoms with E-state index in [-0.39, 0.29) is 31.8 Å². The summed E-state index contributed by atoms with van der Waals surface area (Å²) in [5, 5.41) is 1.82. The summed E-state index contributed by atoms with van der Waals surface area (Å²) in [7, 11) is 0. The van der Waals surface area contributed by atoms with Crippen molar-refractivity contribution in [1.29, 1.82) is 0 Å². The zero-order valence-electron chi connectivity index (χ0n) is 16.5. The zero-order chi connectivity index (χ0) is 19.9. The van der Waals surface area contributed by atoms with E-state index in [0.717, 1.165) is 24.0 Å². The van der Waals surface area contributed by atoms with Gasteiger partial charge < -0.3 is 37.9 Å². The van der Waals surface area contributed by atoms with Crippen molar-refractivity contribution in [2.75, 3.05) is 52.9 Å². The van der Waals surface area contributed by atoms with Crippen LogP contribution in [0.4, 0.5) is 0 Å². The van der Waals surface area contributed by atoms with Crippen LogP contribution in [0.5, 0.6) is 23.0 Å². The van der Waals surface area contributed by atoms with Gasteiger partial charge in [-0.1, -0.05) is 31.7 Å². The fourth-order valence-corrected chi connectivity index (χ4v) is 3.24. The molecule has 4 aliphatic rings. The highest BCUT2D eigenvalue weighted by molar-refractivity contribution is 5.98. The molecule has 4 aliphatic heterocycles. The van der Waals surface area contributed by atoms with Crippen LogP contribution in [0.15, 0.2) is 24.3 Å². The van der Waals surface area contributed by atoms with E-state index < -0.39 is 0 Å². The van der Waals surface area contributed by atoms with Crippen LogP contribution >= 0.6 is 0 Å². The highest BCUT2D eigenvalue weighted by atomic mass is 16.6. The Balaban J connectivity index is 0.00000204. The van der Waals surface area contributed by atoms with E-state index in [1.54, 1.807) is 0 Å². The van der Waals surface area contributed by atoms with E-state index in [4.69, 9.17) is 37.9 Å². The minimum Gasteiger partial charge on any atom is -0.486 e. The second-order valence-corrected chi connectivity index (χ2v) is 7.93. The molecular formula is C23H28O8. The van der Waals surface area contributed by atoms with Gasteiger partial charge in [-0.05, 0) is 0 Å². The Kier molecular flexibility index (Phi) is 5.79. The summed E-state index contributed by atoms with van der Waals surface area (Å²) < 4.78 is 46.1. The summed E-state index contributed by atoms with van der Waals surface area (Å²) >= 11 is 0. The second kappa shape index (κ2) is 8.70. The Morgan fingerprint density at radius 3 is 1.13 bits per heavy atom. The van der Waals surface area contributed by atoms with Crippen LogP contribution in [0.1, 0.15) is 7.43 Å². The molecule has 0 spiro atoms. The number of hydrogen-bond acceptors (Lipinski definition) is 8. The van der Waals surface area contributed by atoms with Gasteiger partial charge in [-0.3, -0.25) is 0 Å². The minimum absolute atomic E-state index is 0. The number of benzene rings is 2. The minimum atomic E-state index is 0. The summed E-state index contributed by atoms with van der Waals surface area (Å²) in [5.41, 5.74) is 0. The monoisotopic (exact) mass is 432 g/mol. The Morgan fingerprint density at radius 2 is 0.839 bits per heavy atom. The third-order valence-corrected chi connectivity index (χ3v) is 5.30. The quantitative estimate of drug-likeness (QED) is 0.473. The summed E-state index contributed by atoms with van der Waals surface area (Å²) in [5.74, 6) is 2.36. The van der Waals surface area contributed by atoms with Gasteiger partial charge in [-0.15, -0.1) is 0 Å². The molecule has 2 aromatic carbocycles. The SMILES string of the molecule is C.c1ccc2c(OCC3CO3)c(OCC3CO3)c(OCC3CO3)c(OCC3CO3)c2c1. The van der Waals surface area contributed by atoms with Gasteiger partial charge in [0.1, 0.15) is 50.8 Å². The normalized spacial score (nSPS) is 27.2. The molecule has 4 heterocycles. The molecule has 4 saturated heterocycles. The molecule has 168 valence electrons. The molecule has 0 bridgehead atoms. The van der Waals surface area contributed by atoms with E-state index in [2.05, 4.69) is 0 Å². The smallest absolute Gasteiger partial charge is 0.208 e. The van der Waals surface area contributed by atoms with E-state index in [1.165, 1.54) is 0 Å². The molecule has 0 aromatic heterocycles. The first-order valence-corrected chi connectivity index (χ1v) is 10.4. The van der Waals surface area contributed by atoms with Crippen LogP contribution in [-0.4, -0.2) is 77.3 Å². The van der Waals surface area contributed by atoms with Crippen molar-refractivity contribution in [3.63, 3.8) is 0 Å². The number of epoxide rings is 4. The lowest BCUT2D eigenvalue weighted by Crippen LogP contribution is -2.14. The maximum atomic E-state index is 6.20. The zero-order valence-corrected chi connectivity index (χ0v) is 16.5. The highest BCUT2D eigenvalue weighted by Crippen LogP contribution is 2.52. The van der Waals surface area contributed by atoms with Crippen molar-refractivity contribution in [2.24, 2.45) is 0 Å². The van der Waals surface area contributed by atoms with Crippen LogP contribution in [0, 0.1) is 0 Å². The van der Waals surface area contributed by atoms with Gasteiger partial charge in [-0.2, -0.15) is 0 Å². The van der Waals surface area contributed by atoms with E-state index >= 15 is 0 Å². The fourth-order valence-electron chi connectivity index (χ4n) is 3.24. The average molecular weight is 432 g/mol. The van der Waals surface area contributed by atoms with Gasteiger partial charge >= 0.3 is 0 Å². The molecule has 4 atom stereocenters. The predicted octanol–water partition coefficient (Wildman–Crippen LogP) is 2.59. The predicted molar refractivity (Wildman–Crippen MR) is 112 cm³/mol. The summed E-state index contributed by atoms with van der Waals surface area (Å²) in [6.07, 6.45) is 0.436. The molecule has 31 heavy (non-hydrogen) atoms. The lowest BCUT2D eigenvalue weighted by atomic mass is 10.1. The average Bonchev–Trinajstić information content (AvgIpc) is 3.62. The number of hydrogen-bond donors (Lipinski definition) is 0. The Labute approximate surface area is 181 Å². The molecule has 0 saturated carbocycles. The van der Waals surface area contributed by atoms with Gasteiger partial charge in [0.2, 0.25) is 11.5 Å². The van der Waals surface area contributed by atoms with Crippen molar-refractivity contribution >= 4 is 10.8 Å². The standard InChI is InChI=1S/C22H24O8.CH4/c1-2-4-18-17(3-1)19(27-9-13-5-23-13)21(29-11-15-7-25-15)22(30-12-16-8-26-16)20(18)28-10-14-6-24-14;/h1-4,13-16H,5-12H2;1H4. The Hall–Kier alpha value is -2.26. The molecule has 4 fully saturated rings. The number of rotatable bonds is 12. The lowest BCUT2D eigenvalue weighted by Gasteiger charge is -2.22. The van der Waals surface area contributed by atoms with Crippen LogP contribution in [0.2, 0.25) is 0 Å². The van der Waals surface area contributed by atoms with Crippen molar-refractivity contribution < 1.29 is 37.9 Å². The summed E-state index contributed by atoms with van der Waals surface area (Å²) in [6, 6.07) is 7.96. The highest BCUT2D eigenvalue weighted by Gasteiger charge is 2.33. The van der Waals surface area contributed by atoms with Crippen LogP contribution in [-0.2, 0) is 18.9 Å². The van der Waals surface area contributed by atoms with Crippen LogP contribution in [0.3, 0.4) is 0 Å². The van der Waals surface area contributed by atoms with Crippen molar-refractivity contribution in [2.45, 2.75) is 31.8 Å². The first kappa shape index (κ1) is 20.6. The first-order chi connectivity index (χ1) is 14.8. The molecule has 0 N–H and O–H groups in total. The number of ether oxygens (including phenoxy) is 8. The number of fused-ring (bicyclic) bond motifs is 1. The molecule has 4 unspecified atom stereocenters. The molecule has 0 radical (unpaired) electrons. The van der Waals surface area contributed by atoms with Crippen LogP contribution in [0.25, 0.3) is 10.8 Å². The van der Waals surface area contributed by atoms with Gasteiger partial charge in [0.25, 0.3) is 0 Å². The van der Waals surface area contributed by atoms with Gasteiger partial charge in [0.15, 0.2) is 11.5 Å². The maximum absolute atomic E-state index is 6.20. The molecule has 0 amide bonds. The molecule has 8 heteroatoms. The van der Waals surface area contributed by atoms with Gasteiger partial charge in [0.05, 0.1) is 26.4 Å². The third kappa shape index (κ3) is 4.98. The van der Waals surface area contributed by atoms with E-state index in [9.17, 15) is 0 Å². The van der Waals surface area contributed by atoms with Gasteiger partial charge in [0, 0.05) is 10.8 Å². The summed E-state index contributed by atoms with van der Waals surface area (Å²) in [6.45, 7) is 4.61.